The van der Waals surface area contributed by atoms with Crippen LogP contribution < -0.4 is 16.0 Å². The molecule has 2 heterocycles. The van der Waals surface area contributed by atoms with Gasteiger partial charge in [0.1, 0.15) is 5.82 Å². The molecule has 0 bridgehead atoms. The molecule has 0 saturated carbocycles. The number of pyridine rings is 1. The van der Waals surface area contributed by atoms with Crippen molar-refractivity contribution in [2.24, 2.45) is 0 Å². The number of benzene rings is 2. The van der Waals surface area contributed by atoms with Crippen molar-refractivity contribution in [3.63, 3.8) is 0 Å². The molecule has 0 atom stereocenters. The Balaban J connectivity index is 1.43. The molecule has 2 aromatic carbocycles. The lowest BCUT2D eigenvalue weighted by molar-refractivity contribution is -0.110. The molecule has 146 valence electrons. The fourth-order valence-corrected chi connectivity index (χ4v) is 3.34. The zero-order chi connectivity index (χ0) is 20.2. The van der Waals surface area contributed by atoms with E-state index in [-0.39, 0.29) is 11.5 Å². The highest BCUT2D eigenvalue weighted by molar-refractivity contribution is 6.31. The third kappa shape index (κ3) is 4.11. The van der Waals surface area contributed by atoms with E-state index in [0.717, 1.165) is 29.9 Å². The number of hydrogen-bond donors (Lipinski definition) is 3. The number of fused-ring (bicyclic) bond motifs is 1. The van der Waals surface area contributed by atoms with Gasteiger partial charge in [0, 0.05) is 42.1 Å². The van der Waals surface area contributed by atoms with Crippen molar-refractivity contribution in [3.8, 4) is 0 Å². The maximum absolute atomic E-state index is 14.1. The second-order valence-corrected chi connectivity index (χ2v) is 6.89. The fraction of sp³-hybridized carbons (Fsp3) is 0.130. The fourth-order valence-electron chi connectivity index (χ4n) is 3.34. The van der Waals surface area contributed by atoms with Crippen LogP contribution in [0.3, 0.4) is 0 Å². The van der Waals surface area contributed by atoms with Crippen LogP contribution in [0.2, 0.25) is 0 Å². The minimum atomic E-state index is -0.418. The van der Waals surface area contributed by atoms with Gasteiger partial charge < -0.3 is 16.0 Å². The van der Waals surface area contributed by atoms with E-state index in [9.17, 15) is 9.18 Å². The Bertz CT molecular complexity index is 1080. The Hall–Kier alpha value is -3.67. The Morgan fingerprint density at radius 1 is 1.17 bits per heavy atom. The maximum atomic E-state index is 14.1. The lowest BCUT2D eigenvalue weighted by Gasteiger charge is -2.11. The zero-order valence-electron chi connectivity index (χ0n) is 16.0. The van der Waals surface area contributed by atoms with E-state index in [1.165, 1.54) is 11.6 Å². The van der Waals surface area contributed by atoms with Crippen molar-refractivity contribution in [2.75, 3.05) is 22.5 Å². The molecule has 29 heavy (non-hydrogen) atoms. The molecule has 4 rings (SSSR count). The molecule has 0 radical (unpaired) electrons. The summed E-state index contributed by atoms with van der Waals surface area (Å²) in [5, 5.41) is 9.22. The number of anilines is 3. The third-order valence-electron chi connectivity index (χ3n) is 4.84. The number of carbonyl (C=O) groups excluding carboxylic acids is 1. The van der Waals surface area contributed by atoms with Crippen LogP contribution in [0.4, 0.5) is 21.5 Å². The minimum absolute atomic E-state index is 0.287. The van der Waals surface area contributed by atoms with E-state index in [1.807, 2.05) is 37.4 Å². The molecular weight excluding hydrogens is 367 g/mol. The molecule has 1 aliphatic rings. The SMILES string of the molecule is Cc1cc(N/C=C2/C(=O)Nc3cccc(F)c32)ccc1NCCc1cccnc1. The lowest BCUT2D eigenvalue weighted by Crippen LogP contribution is -2.07. The van der Waals surface area contributed by atoms with E-state index in [1.54, 1.807) is 24.5 Å². The monoisotopic (exact) mass is 388 g/mol. The van der Waals surface area contributed by atoms with Gasteiger partial charge in [-0.3, -0.25) is 9.78 Å². The Morgan fingerprint density at radius 2 is 2.07 bits per heavy atom. The van der Waals surface area contributed by atoms with E-state index in [2.05, 4.69) is 27.0 Å². The smallest absolute Gasteiger partial charge is 0.257 e. The number of rotatable bonds is 6. The number of halogens is 1. The molecule has 0 fully saturated rings. The first-order valence-corrected chi connectivity index (χ1v) is 9.42. The standard InChI is InChI=1S/C23H21FN4O/c1-15-12-17(7-8-20(15)26-11-9-16-4-3-10-25-13-16)27-14-18-22-19(24)5-2-6-21(22)28-23(18)29/h2-8,10,12-14,26-27H,9,11H2,1H3,(H,28,29)/b18-14+. The van der Waals surface area contributed by atoms with E-state index < -0.39 is 5.82 Å². The third-order valence-corrected chi connectivity index (χ3v) is 4.84. The minimum Gasteiger partial charge on any atom is -0.384 e. The Kier molecular flexibility index (Phi) is 5.24. The lowest BCUT2D eigenvalue weighted by atomic mass is 10.1. The first-order chi connectivity index (χ1) is 14.1. The highest BCUT2D eigenvalue weighted by atomic mass is 19.1. The molecule has 1 aliphatic heterocycles. The predicted molar refractivity (Wildman–Crippen MR) is 114 cm³/mol. The average molecular weight is 388 g/mol. The van der Waals surface area contributed by atoms with Gasteiger partial charge in [-0.05, 0) is 60.9 Å². The van der Waals surface area contributed by atoms with Gasteiger partial charge in [-0.2, -0.15) is 0 Å². The molecular formula is C23H21FN4O. The van der Waals surface area contributed by atoms with Crippen LogP contribution in [-0.2, 0) is 11.2 Å². The molecule has 1 amide bonds. The number of hydrogen-bond acceptors (Lipinski definition) is 4. The summed E-state index contributed by atoms with van der Waals surface area (Å²) in [6, 6.07) is 14.5. The summed E-state index contributed by atoms with van der Waals surface area (Å²) < 4.78 is 14.1. The van der Waals surface area contributed by atoms with Crippen molar-refractivity contribution in [2.45, 2.75) is 13.3 Å². The number of carbonyl (C=O) groups is 1. The molecule has 3 aromatic rings. The van der Waals surface area contributed by atoms with Crippen LogP contribution in [-0.4, -0.2) is 17.4 Å². The average Bonchev–Trinajstić information content (AvgIpc) is 3.05. The van der Waals surface area contributed by atoms with Crippen LogP contribution in [0.25, 0.3) is 5.57 Å². The van der Waals surface area contributed by atoms with Gasteiger partial charge in [-0.1, -0.05) is 12.1 Å². The molecule has 0 spiro atoms. The maximum Gasteiger partial charge on any atom is 0.257 e. The Labute approximate surface area is 168 Å². The summed E-state index contributed by atoms with van der Waals surface area (Å²) in [6.07, 6.45) is 6.08. The van der Waals surface area contributed by atoms with Crippen LogP contribution in [0.15, 0.2) is 67.1 Å². The number of nitrogens with zero attached hydrogens (tertiary/aromatic N) is 1. The molecule has 0 unspecified atom stereocenters. The van der Waals surface area contributed by atoms with Crippen LogP contribution >= 0.6 is 0 Å². The van der Waals surface area contributed by atoms with Crippen molar-refractivity contribution in [1.82, 2.24) is 4.98 Å². The van der Waals surface area contributed by atoms with E-state index in [4.69, 9.17) is 0 Å². The quantitative estimate of drug-likeness (QED) is 0.541. The summed E-state index contributed by atoms with van der Waals surface area (Å²) >= 11 is 0. The van der Waals surface area contributed by atoms with Crippen molar-refractivity contribution < 1.29 is 9.18 Å². The second-order valence-electron chi connectivity index (χ2n) is 6.89. The van der Waals surface area contributed by atoms with Gasteiger partial charge in [0.25, 0.3) is 5.91 Å². The number of aromatic nitrogens is 1. The molecule has 0 saturated heterocycles. The Morgan fingerprint density at radius 3 is 2.86 bits per heavy atom. The first kappa shape index (κ1) is 18.7. The molecule has 0 aliphatic carbocycles. The van der Waals surface area contributed by atoms with Crippen molar-refractivity contribution in [1.29, 1.82) is 0 Å². The first-order valence-electron chi connectivity index (χ1n) is 9.42. The number of nitrogens with one attached hydrogen (secondary N) is 3. The summed E-state index contributed by atoms with van der Waals surface area (Å²) in [5.41, 5.74) is 5.21. The van der Waals surface area contributed by atoms with E-state index >= 15 is 0 Å². The highest BCUT2D eigenvalue weighted by Gasteiger charge is 2.27. The largest absolute Gasteiger partial charge is 0.384 e. The zero-order valence-corrected chi connectivity index (χ0v) is 16.0. The van der Waals surface area contributed by atoms with Crippen LogP contribution in [0, 0.1) is 12.7 Å². The van der Waals surface area contributed by atoms with Gasteiger partial charge in [-0.15, -0.1) is 0 Å². The van der Waals surface area contributed by atoms with Crippen LogP contribution in [0.5, 0.6) is 0 Å². The van der Waals surface area contributed by atoms with E-state index in [0.29, 0.717) is 11.3 Å². The number of aryl methyl sites for hydroxylation is 1. The second kappa shape index (κ2) is 8.14. The molecule has 5 nitrogen and oxygen atoms in total. The molecule has 6 heteroatoms. The highest BCUT2D eigenvalue weighted by Crippen LogP contribution is 2.33. The van der Waals surface area contributed by atoms with Gasteiger partial charge in [0.15, 0.2) is 0 Å². The number of amides is 1. The summed E-state index contributed by atoms with van der Waals surface area (Å²) in [5.74, 6) is -0.735. The predicted octanol–water partition coefficient (Wildman–Crippen LogP) is 4.59. The topological polar surface area (TPSA) is 66.1 Å². The summed E-state index contributed by atoms with van der Waals surface area (Å²) in [4.78, 5) is 16.3. The van der Waals surface area contributed by atoms with Gasteiger partial charge in [0.05, 0.1) is 11.3 Å². The van der Waals surface area contributed by atoms with Crippen LogP contribution in [0.1, 0.15) is 16.7 Å². The molecule has 3 N–H and O–H groups in total. The van der Waals surface area contributed by atoms with Crippen molar-refractivity contribution in [3.05, 3.63) is 89.6 Å². The molecule has 1 aromatic heterocycles. The normalized spacial score (nSPS) is 13.9. The van der Waals surface area contributed by atoms with Gasteiger partial charge >= 0.3 is 0 Å². The van der Waals surface area contributed by atoms with Crippen molar-refractivity contribution >= 4 is 28.5 Å². The summed E-state index contributed by atoms with van der Waals surface area (Å²) in [7, 11) is 0. The van der Waals surface area contributed by atoms with Gasteiger partial charge in [-0.25, -0.2) is 4.39 Å². The summed E-state index contributed by atoms with van der Waals surface area (Å²) in [6.45, 7) is 2.82. The van der Waals surface area contributed by atoms with Gasteiger partial charge in [0.2, 0.25) is 0 Å².